The Morgan fingerprint density at radius 2 is 1.20 bits per heavy atom. The third kappa shape index (κ3) is 5.34. The van der Waals surface area contributed by atoms with Crippen LogP contribution in [0.1, 0.15) is 24.7 Å². The fourth-order valence-corrected chi connectivity index (χ4v) is 9.15. The summed E-state index contributed by atoms with van der Waals surface area (Å²) in [5.41, 5.74) is 14.1. The smallest absolute Gasteiger partial charge is 0.135 e. The molecule has 0 saturated carbocycles. The van der Waals surface area contributed by atoms with Gasteiger partial charge in [-0.25, -0.2) is 0 Å². The van der Waals surface area contributed by atoms with E-state index in [-0.39, 0.29) is 0 Å². The standard InChI is InChI=1S/C53H40N2O/c1-35-19-30-47-51(33-35)56-50-32-25-40-34-39(24-31-44(40)52(47)50)38-22-28-43(29-23-38)54(42-26-20-37(21-27-42)36-11-4-2-5-12-36)49-18-10-16-46-45-15-8-9-17-48(45)55(53(46)49)41-13-6-3-7-14-41/h2-18,20-29,31-32,34-35H,19,30,33H2,1H3. The Labute approximate surface area is 326 Å². The Morgan fingerprint density at radius 3 is 1.96 bits per heavy atom. The van der Waals surface area contributed by atoms with Gasteiger partial charge < -0.3 is 13.9 Å². The van der Waals surface area contributed by atoms with Gasteiger partial charge in [0.1, 0.15) is 11.3 Å². The molecule has 0 amide bonds. The lowest BCUT2D eigenvalue weighted by molar-refractivity contribution is 0.426. The second-order valence-electron chi connectivity index (χ2n) is 15.4. The molecule has 1 atom stereocenters. The zero-order valence-electron chi connectivity index (χ0n) is 31.3. The summed E-state index contributed by atoms with van der Waals surface area (Å²) < 4.78 is 8.81. The van der Waals surface area contributed by atoms with Crippen LogP contribution < -0.4 is 4.90 Å². The minimum absolute atomic E-state index is 0.676. The van der Waals surface area contributed by atoms with Crippen LogP contribution in [-0.4, -0.2) is 4.57 Å². The maximum Gasteiger partial charge on any atom is 0.135 e. The summed E-state index contributed by atoms with van der Waals surface area (Å²) in [6.45, 7) is 2.33. The molecule has 2 aromatic heterocycles. The maximum atomic E-state index is 6.39. The molecule has 56 heavy (non-hydrogen) atoms. The molecule has 0 N–H and O–H groups in total. The summed E-state index contributed by atoms with van der Waals surface area (Å²) in [5, 5.41) is 6.31. The van der Waals surface area contributed by atoms with E-state index in [0.717, 1.165) is 41.2 Å². The number of para-hydroxylation sites is 3. The summed E-state index contributed by atoms with van der Waals surface area (Å²) >= 11 is 0. The summed E-state index contributed by atoms with van der Waals surface area (Å²) in [6, 6.07) is 66.2. The van der Waals surface area contributed by atoms with Gasteiger partial charge in [-0.15, -0.1) is 0 Å². The van der Waals surface area contributed by atoms with E-state index in [1.54, 1.807) is 0 Å². The normalized spacial score (nSPS) is 14.1. The summed E-state index contributed by atoms with van der Waals surface area (Å²) in [7, 11) is 0. The van der Waals surface area contributed by atoms with Crippen molar-refractivity contribution in [3.8, 4) is 27.9 Å². The molecular formula is C53H40N2O. The van der Waals surface area contributed by atoms with E-state index in [2.05, 4.69) is 198 Å². The van der Waals surface area contributed by atoms with Crippen molar-refractivity contribution in [3.63, 3.8) is 0 Å². The van der Waals surface area contributed by atoms with Gasteiger partial charge in [-0.05, 0) is 112 Å². The number of aryl methyl sites for hydroxylation is 1. The van der Waals surface area contributed by atoms with Crippen LogP contribution in [0.15, 0.2) is 186 Å². The number of furan rings is 1. The molecule has 10 aromatic rings. The lowest BCUT2D eigenvalue weighted by Gasteiger charge is -2.27. The van der Waals surface area contributed by atoms with Crippen molar-refractivity contribution in [2.24, 2.45) is 5.92 Å². The first-order valence-corrected chi connectivity index (χ1v) is 19.8. The molecular weight excluding hydrogens is 681 g/mol. The highest BCUT2D eigenvalue weighted by molar-refractivity contribution is 6.14. The monoisotopic (exact) mass is 720 g/mol. The SMILES string of the molecule is CC1CCc2c(oc3ccc4cc(-c5ccc(N(c6ccc(-c7ccccc7)cc6)c6cccc7c8ccccc8n(-c8ccccc8)c67)cc5)ccc4c23)C1. The molecule has 3 heteroatoms. The fourth-order valence-electron chi connectivity index (χ4n) is 9.15. The molecule has 0 saturated heterocycles. The topological polar surface area (TPSA) is 21.3 Å². The fraction of sp³-hybridized carbons (Fsp3) is 0.0943. The van der Waals surface area contributed by atoms with Crippen molar-refractivity contribution >= 4 is 60.6 Å². The molecule has 268 valence electrons. The molecule has 1 aliphatic rings. The predicted molar refractivity (Wildman–Crippen MR) is 235 cm³/mol. The molecule has 0 bridgehead atoms. The van der Waals surface area contributed by atoms with Gasteiger partial charge in [-0.2, -0.15) is 0 Å². The predicted octanol–water partition coefficient (Wildman–Crippen LogP) is 14.6. The van der Waals surface area contributed by atoms with Crippen LogP contribution in [0.4, 0.5) is 17.1 Å². The molecule has 8 aromatic carbocycles. The largest absolute Gasteiger partial charge is 0.461 e. The molecule has 3 nitrogen and oxygen atoms in total. The maximum absolute atomic E-state index is 6.39. The minimum atomic E-state index is 0.676. The van der Waals surface area contributed by atoms with Crippen molar-refractivity contribution in [1.82, 2.24) is 4.57 Å². The van der Waals surface area contributed by atoms with Gasteiger partial charge in [0.2, 0.25) is 0 Å². The van der Waals surface area contributed by atoms with E-state index in [4.69, 9.17) is 4.42 Å². The number of hydrogen-bond acceptors (Lipinski definition) is 2. The number of nitrogens with zero attached hydrogens (tertiary/aromatic N) is 2. The Morgan fingerprint density at radius 1 is 0.554 bits per heavy atom. The van der Waals surface area contributed by atoms with E-state index >= 15 is 0 Å². The summed E-state index contributed by atoms with van der Waals surface area (Å²) in [5.74, 6) is 1.86. The highest BCUT2D eigenvalue weighted by Gasteiger charge is 2.24. The third-order valence-corrected chi connectivity index (χ3v) is 11.9. The Bertz CT molecular complexity index is 3050. The zero-order valence-corrected chi connectivity index (χ0v) is 31.3. The minimum Gasteiger partial charge on any atom is -0.461 e. The quantitative estimate of drug-likeness (QED) is 0.171. The van der Waals surface area contributed by atoms with Crippen LogP contribution in [0.5, 0.6) is 0 Å². The number of anilines is 3. The molecule has 0 fully saturated rings. The third-order valence-electron chi connectivity index (χ3n) is 11.9. The van der Waals surface area contributed by atoms with Gasteiger partial charge in [-0.3, -0.25) is 0 Å². The van der Waals surface area contributed by atoms with Crippen LogP contribution in [0, 0.1) is 5.92 Å². The van der Waals surface area contributed by atoms with Crippen LogP contribution in [0.2, 0.25) is 0 Å². The van der Waals surface area contributed by atoms with Crippen LogP contribution in [0.25, 0.3) is 71.5 Å². The number of rotatable bonds is 6. The number of fused-ring (bicyclic) bond motifs is 8. The second kappa shape index (κ2) is 13.2. The van der Waals surface area contributed by atoms with Crippen molar-refractivity contribution < 1.29 is 4.42 Å². The second-order valence-corrected chi connectivity index (χ2v) is 15.4. The zero-order chi connectivity index (χ0) is 37.2. The Balaban J connectivity index is 1.06. The van der Waals surface area contributed by atoms with Gasteiger partial charge in [0, 0.05) is 45.2 Å². The van der Waals surface area contributed by atoms with E-state index in [1.165, 1.54) is 78.0 Å². The lowest BCUT2D eigenvalue weighted by Crippen LogP contribution is -2.11. The highest BCUT2D eigenvalue weighted by atomic mass is 16.3. The molecule has 1 unspecified atom stereocenters. The molecule has 2 heterocycles. The highest BCUT2D eigenvalue weighted by Crippen LogP contribution is 2.45. The Kier molecular flexibility index (Phi) is 7.67. The first-order chi connectivity index (χ1) is 27.7. The van der Waals surface area contributed by atoms with Gasteiger partial charge in [0.05, 0.1) is 16.7 Å². The number of aromatic nitrogens is 1. The van der Waals surface area contributed by atoms with Crippen LogP contribution >= 0.6 is 0 Å². The molecule has 0 radical (unpaired) electrons. The average molecular weight is 721 g/mol. The number of benzene rings is 8. The molecule has 0 aliphatic heterocycles. The summed E-state index contributed by atoms with van der Waals surface area (Å²) in [6.07, 6.45) is 3.35. The molecule has 0 spiro atoms. The summed E-state index contributed by atoms with van der Waals surface area (Å²) in [4.78, 5) is 2.42. The van der Waals surface area contributed by atoms with Crippen molar-refractivity contribution in [1.29, 1.82) is 0 Å². The number of hydrogen-bond donors (Lipinski definition) is 0. The van der Waals surface area contributed by atoms with Gasteiger partial charge in [0.25, 0.3) is 0 Å². The van der Waals surface area contributed by atoms with Crippen LogP contribution in [0.3, 0.4) is 0 Å². The van der Waals surface area contributed by atoms with Crippen molar-refractivity contribution in [3.05, 3.63) is 193 Å². The molecule has 1 aliphatic carbocycles. The average Bonchev–Trinajstić information content (AvgIpc) is 3.81. The van der Waals surface area contributed by atoms with E-state index in [0.29, 0.717) is 5.92 Å². The van der Waals surface area contributed by atoms with Crippen molar-refractivity contribution in [2.75, 3.05) is 4.90 Å². The first-order valence-electron chi connectivity index (χ1n) is 19.8. The lowest BCUT2D eigenvalue weighted by atomic mass is 9.87. The van der Waals surface area contributed by atoms with Gasteiger partial charge >= 0.3 is 0 Å². The van der Waals surface area contributed by atoms with E-state index < -0.39 is 0 Å². The van der Waals surface area contributed by atoms with Crippen molar-refractivity contribution in [2.45, 2.75) is 26.2 Å². The van der Waals surface area contributed by atoms with E-state index in [1.807, 2.05) is 0 Å². The van der Waals surface area contributed by atoms with E-state index in [9.17, 15) is 0 Å². The van der Waals surface area contributed by atoms with Crippen LogP contribution in [-0.2, 0) is 12.8 Å². The first kappa shape index (κ1) is 32.6. The van der Waals surface area contributed by atoms with Gasteiger partial charge in [0.15, 0.2) is 0 Å². The molecule has 11 rings (SSSR count). The van der Waals surface area contributed by atoms with Gasteiger partial charge in [-0.1, -0.05) is 128 Å². The Hall–Kier alpha value is -6.84.